The van der Waals surface area contributed by atoms with Gasteiger partial charge in [-0.2, -0.15) is 22.0 Å². The molecule has 0 saturated heterocycles. The van der Waals surface area contributed by atoms with Crippen LogP contribution in [0, 0.1) is 0 Å². The van der Waals surface area contributed by atoms with E-state index in [1.165, 1.54) is 12.3 Å². The molecule has 0 aliphatic carbocycles. The van der Waals surface area contributed by atoms with Crippen LogP contribution in [0.3, 0.4) is 0 Å². The van der Waals surface area contributed by atoms with Crippen molar-refractivity contribution in [3.63, 3.8) is 0 Å². The number of nitrogens with one attached hydrogen (secondary N) is 1. The highest BCUT2D eigenvalue weighted by Crippen LogP contribution is 2.34. The van der Waals surface area contributed by atoms with Gasteiger partial charge < -0.3 is 9.73 Å². The van der Waals surface area contributed by atoms with Crippen molar-refractivity contribution >= 4 is 23.5 Å². The van der Waals surface area contributed by atoms with Crippen LogP contribution in [0.15, 0.2) is 39.7 Å². The molecule has 0 bridgehead atoms. The Hall–Kier alpha value is -2.81. The third-order valence-electron chi connectivity index (χ3n) is 3.91. The van der Waals surface area contributed by atoms with Gasteiger partial charge in [0, 0.05) is 30.2 Å². The molecule has 25 heavy (non-hydrogen) atoms. The average molecular weight is 357 g/mol. The van der Waals surface area contributed by atoms with Gasteiger partial charge in [0.15, 0.2) is 5.76 Å². The molecular formula is C16H15N5O3S. The minimum absolute atomic E-state index is 0.180. The molecule has 8 nitrogen and oxygen atoms in total. The van der Waals surface area contributed by atoms with Gasteiger partial charge >= 0.3 is 0 Å². The molecule has 1 aliphatic rings. The summed E-state index contributed by atoms with van der Waals surface area (Å²) in [7, 11) is 1.79. The van der Waals surface area contributed by atoms with Crippen molar-refractivity contribution in [2.45, 2.75) is 18.1 Å². The first-order chi connectivity index (χ1) is 12.1. The van der Waals surface area contributed by atoms with Crippen molar-refractivity contribution in [1.29, 1.82) is 0 Å². The molecule has 0 unspecified atom stereocenters. The van der Waals surface area contributed by atoms with E-state index in [2.05, 4.69) is 15.5 Å². The summed E-state index contributed by atoms with van der Waals surface area (Å²) in [6, 6.07) is 6.42. The number of amides is 1. The number of hydrogen-bond donors (Lipinski definition) is 1. The molecule has 3 aromatic rings. The second-order valence-corrected chi connectivity index (χ2v) is 6.62. The zero-order chi connectivity index (χ0) is 17.4. The van der Waals surface area contributed by atoms with Crippen LogP contribution < -0.4 is 10.9 Å². The van der Waals surface area contributed by atoms with Crippen LogP contribution in [-0.4, -0.2) is 25.5 Å². The zero-order valence-corrected chi connectivity index (χ0v) is 14.2. The van der Waals surface area contributed by atoms with Crippen LogP contribution in [0.5, 0.6) is 0 Å². The second kappa shape index (κ2) is 6.25. The summed E-state index contributed by atoms with van der Waals surface area (Å²) in [6.45, 7) is -0.180. The van der Waals surface area contributed by atoms with Crippen LogP contribution in [0.1, 0.15) is 11.3 Å². The Morgan fingerprint density at radius 3 is 3.00 bits per heavy atom. The Labute approximate surface area is 146 Å². The summed E-state index contributed by atoms with van der Waals surface area (Å²) in [6.07, 6.45) is 1.53. The minimum Gasteiger partial charge on any atom is -0.463 e. The van der Waals surface area contributed by atoms with Crippen molar-refractivity contribution in [1.82, 2.24) is 19.6 Å². The van der Waals surface area contributed by atoms with E-state index in [1.807, 2.05) is 0 Å². The molecule has 128 valence electrons. The summed E-state index contributed by atoms with van der Waals surface area (Å²) >= 11 is 1.76. The number of anilines is 1. The van der Waals surface area contributed by atoms with Crippen molar-refractivity contribution in [2.24, 2.45) is 7.05 Å². The minimum atomic E-state index is -0.351. The van der Waals surface area contributed by atoms with E-state index in [0.717, 1.165) is 27.4 Å². The number of aromatic nitrogens is 4. The lowest BCUT2D eigenvalue weighted by Crippen LogP contribution is -2.30. The Balaban J connectivity index is 1.55. The Bertz CT molecular complexity index is 990. The molecule has 1 amide bonds. The molecule has 0 atom stereocenters. The van der Waals surface area contributed by atoms with Gasteiger partial charge in [-0.3, -0.25) is 14.3 Å². The molecular weight excluding hydrogens is 342 g/mol. The van der Waals surface area contributed by atoms with Gasteiger partial charge in [0.1, 0.15) is 18.1 Å². The summed E-state index contributed by atoms with van der Waals surface area (Å²) in [5.41, 5.74) is 2.19. The maximum Gasteiger partial charge on any atom is 0.267 e. The highest BCUT2D eigenvalue weighted by Gasteiger charge is 2.22. The molecule has 0 aromatic carbocycles. The Morgan fingerprint density at radius 2 is 2.20 bits per heavy atom. The second-order valence-electron chi connectivity index (χ2n) is 5.63. The number of fused-ring (bicyclic) bond motifs is 1. The van der Waals surface area contributed by atoms with Crippen molar-refractivity contribution in [3.8, 4) is 11.5 Å². The van der Waals surface area contributed by atoms with E-state index in [1.54, 1.807) is 41.7 Å². The van der Waals surface area contributed by atoms with E-state index in [0.29, 0.717) is 17.3 Å². The number of aryl methyl sites for hydroxylation is 1. The molecule has 4 rings (SSSR count). The molecule has 0 spiro atoms. The lowest BCUT2D eigenvalue weighted by atomic mass is 10.3. The molecule has 1 aliphatic heterocycles. The predicted molar refractivity (Wildman–Crippen MR) is 93.0 cm³/mol. The zero-order valence-electron chi connectivity index (χ0n) is 13.4. The number of furan rings is 1. The highest BCUT2D eigenvalue weighted by atomic mass is 32.2. The lowest BCUT2D eigenvalue weighted by Gasteiger charge is -2.09. The highest BCUT2D eigenvalue weighted by molar-refractivity contribution is 7.98. The van der Waals surface area contributed by atoms with Gasteiger partial charge in [0.05, 0.1) is 12.0 Å². The molecule has 0 saturated carbocycles. The lowest BCUT2D eigenvalue weighted by molar-refractivity contribution is -0.117. The largest absolute Gasteiger partial charge is 0.463 e. The quantitative estimate of drug-likeness (QED) is 0.762. The molecule has 4 heterocycles. The first kappa shape index (κ1) is 15.7. The smallest absolute Gasteiger partial charge is 0.267 e. The van der Waals surface area contributed by atoms with Gasteiger partial charge in [0.25, 0.3) is 5.56 Å². The SMILES string of the molecule is Cn1nc2c(c1NC(=O)Cn1nc(-c3ccco3)ccc1=O)CSC2. The van der Waals surface area contributed by atoms with Crippen LogP contribution in [0.25, 0.3) is 11.5 Å². The maximum absolute atomic E-state index is 12.4. The monoisotopic (exact) mass is 357 g/mol. The van der Waals surface area contributed by atoms with Crippen LogP contribution in [0.4, 0.5) is 5.82 Å². The number of carbonyl (C=O) groups is 1. The van der Waals surface area contributed by atoms with Crippen LogP contribution in [-0.2, 0) is 29.9 Å². The van der Waals surface area contributed by atoms with Gasteiger partial charge in [-0.05, 0) is 18.2 Å². The summed E-state index contributed by atoms with van der Waals surface area (Å²) in [5, 5.41) is 11.4. The fourth-order valence-electron chi connectivity index (χ4n) is 2.72. The average Bonchev–Trinajstić information content (AvgIpc) is 3.30. The topological polar surface area (TPSA) is 95.0 Å². The first-order valence-electron chi connectivity index (χ1n) is 7.66. The van der Waals surface area contributed by atoms with Crippen LogP contribution >= 0.6 is 11.8 Å². The number of rotatable bonds is 4. The number of hydrogen-bond acceptors (Lipinski definition) is 6. The first-order valence-corrected chi connectivity index (χ1v) is 8.81. The maximum atomic E-state index is 12.4. The Morgan fingerprint density at radius 1 is 1.32 bits per heavy atom. The molecule has 3 aromatic heterocycles. The standard InChI is InChI=1S/C16H15N5O3S/c1-20-16(10-8-25-9-12(10)18-20)17-14(22)7-21-15(23)5-4-11(19-21)13-3-2-6-24-13/h2-6H,7-9H2,1H3,(H,17,22). The normalized spacial score (nSPS) is 13.0. The predicted octanol–water partition coefficient (Wildman–Crippen LogP) is 1.62. The van der Waals surface area contributed by atoms with Gasteiger partial charge in [-0.25, -0.2) is 4.68 Å². The van der Waals surface area contributed by atoms with E-state index in [9.17, 15) is 9.59 Å². The van der Waals surface area contributed by atoms with Gasteiger partial charge in [-0.1, -0.05) is 0 Å². The third-order valence-corrected chi connectivity index (χ3v) is 4.88. The fourth-order valence-corrected chi connectivity index (χ4v) is 3.76. The summed E-state index contributed by atoms with van der Waals surface area (Å²) in [4.78, 5) is 24.4. The summed E-state index contributed by atoms with van der Waals surface area (Å²) in [5.74, 6) is 2.57. The number of nitrogens with zero attached hydrogens (tertiary/aromatic N) is 4. The van der Waals surface area contributed by atoms with Crippen molar-refractivity contribution in [3.05, 3.63) is 52.1 Å². The number of carbonyl (C=O) groups excluding carboxylic acids is 1. The summed E-state index contributed by atoms with van der Waals surface area (Å²) < 4.78 is 8.07. The van der Waals surface area contributed by atoms with Crippen molar-refractivity contribution in [2.75, 3.05) is 5.32 Å². The van der Waals surface area contributed by atoms with Crippen LogP contribution in [0.2, 0.25) is 0 Å². The van der Waals surface area contributed by atoms with E-state index >= 15 is 0 Å². The van der Waals surface area contributed by atoms with Gasteiger partial charge in [0.2, 0.25) is 5.91 Å². The molecule has 9 heteroatoms. The van der Waals surface area contributed by atoms with Crippen molar-refractivity contribution < 1.29 is 9.21 Å². The molecule has 0 fully saturated rings. The Kier molecular flexibility index (Phi) is 3.92. The van der Waals surface area contributed by atoms with Gasteiger partial charge in [-0.15, -0.1) is 0 Å². The van der Waals surface area contributed by atoms with E-state index in [4.69, 9.17) is 4.42 Å². The molecule has 0 radical (unpaired) electrons. The van der Waals surface area contributed by atoms with E-state index in [-0.39, 0.29) is 18.0 Å². The fraction of sp³-hybridized carbons (Fsp3) is 0.250. The molecule has 1 N–H and O–H groups in total. The number of thioether (sulfide) groups is 1. The third kappa shape index (κ3) is 2.98. The van der Waals surface area contributed by atoms with E-state index < -0.39 is 0 Å².